The van der Waals surface area contributed by atoms with E-state index in [9.17, 15) is 18.0 Å². The number of hydrogen-bond acceptors (Lipinski definition) is 5. The van der Waals surface area contributed by atoms with Crippen molar-refractivity contribution in [2.75, 3.05) is 19.3 Å². The number of nitrogens with zero attached hydrogens (tertiary/aromatic N) is 1. The number of urea groups is 1. The second-order valence-corrected chi connectivity index (χ2v) is 6.02. The summed E-state index contributed by atoms with van der Waals surface area (Å²) in [5.41, 5.74) is 0.454. The molecule has 0 saturated heterocycles. The molecule has 1 heterocycles. The lowest BCUT2D eigenvalue weighted by Gasteiger charge is -2.07. The molecule has 0 aromatic carbocycles. The van der Waals surface area contributed by atoms with Crippen LogP contribution in [0.25, 0.3) is 0 Å². The van der Waals surface area contributed by atoms with E-state index in [0.29, 0.717) is 5.69 Å². The minimum atomic E-state index is -3.37. The number of nitrogens with one attached hydrogen (secondary N) is 3. The van der Waals surface area contributed by atoms with Crippen molar-refractivity contribution in [1.82, 2.24) is 20.3 Å². The van der Waals surface area contributed by atoms with Gasteiger partial charge < -0.3 is 15.7 Å². The van der Waals surface area contributed by atoms with Crippen LogP contribution in [-0.4, -0.2) is 49.9 Å². The van der Waals surface area contributed by atoms with E-state index in [-0.39, 0.29) is 24.4 Å². The number of pyridine rings is 1. The van der Waals surface area contributed by atoms with Gasteiger partial charge in [-0.15, -0.1) is 0 Å². The highest BCUT2D eigenvalue weighted by Crippen LogP contribution is 2.01. The van der Waals surface area contributed by atoms with Crippen LogP contribution in [0.3, 0.4) is 0 Å². The fourth-order valence-electron chi connectivity index (χ4n) is 1.34. The van der Waals surface area contributed by atoms with Crippen molar-refractivity contribution in [3.63, 3.8) is 0 Å². The van der Waals surface area contributed by atoms with Crippen molar-refractivity contribution in [2.24, 2.45) is 0 Å². The molecule has 0 spiro atoms. The largest absolute Gasteiger partial charge is 0.478 e. The summed E-state index contributed by atoms with van der Waals surface area (Å²) in [6.45, 7) is -0.0106. The number of carboxylic acid groups (broad SMARTS) is 1. The van der Waals surface area contributed by atoms with Gasteiger partial charge in [-0.3, -0.25) is 4.98 Å². The number of aromatic nitrogens is 1. The number of carbonyl (C=O) groups excluding carboxylic acids is 1. The Morgan fingerprint density at radius 1 is 1.33 bits per heavy atom. The maximum absolute atomic E-state index is 11.4. The average molecular weight is 316 g/mol. The Hall–Kier alpha value is -2.20. The van der Waals surface area contributed by atoms with Crippen LogP contribution in [0.4, 0.5) is 4.79 Å². The summed E-state index contributed by atoms with van der Waals surface area (Å²) >= 11 is 0. The van der Waals surface area contributed by atoms with Crippen molar-refractivity contribution in [3.8, 4) is 0 Å². The van der Waals surface area contributed by atoms with E-state index < -0.39 is 22.0 Å². The third-order valence-electron chi connectivity index (χ3n) is 2.46. The highest BCUT2D eigenvalue weighted by Gasteiger charge is 2.08. The van der Waals surface area contributed by atoms with Crippen molar-refractivity contribution in [2.45, 2.75) is 6.54 Å². The third-order valence-corrected chi connectivity index (χ3v) is 3.82. The number of hydrogen-bond donors (Lipinski definition) is 4. The number of sulfonamides is 1. The second-order valence-electron chi connectivity index (χ2n) is 3.97. The normalized spacial score (nSPS) is 10.9. The lowest BCUT2D eigenvalue weighted by atomic mass is 10.2. The molecule has 0 unspecified atom stereocenters. The van der Waals surface area contributed by atoms with Crippen molar-refractivity contribution in [3.05, 3.63) is 29.6 Å². The second kappa shape index (κ2) is 7.55. The highest BCUT2D eigenvalue weighted by atomic mass is 32.2. The molecule has 0 aliphatic carbocycles. The molecular formula is C11H16N4O5S. The molecule has 9 nitrogen and oxygen atoms in total. The SMILES string of the molecule is CNS(=O)(=O)CCNC(=O)NCc1cc(C(=O)O)ccn1. The van der Waals surface area contributed by atoms with Crippen molar-refractivity contribution in [1.29, 1.82) is 0 Å². The van der Waals surface area contributed by atoms with Crippen LogP contribution >= 0.6 is 0 Å². The molecule has 1 aromatic rings. The van der Waals surface area contributed by atoms with Crippen LogP contribution in [0.1, 0.15) is 16.1 Å². The molecule has 21 heavy (non-hydrogen) atoms. The third kappa shape index (κ3) is 6.19. The first-order chi connectivity index (χ1) is 9.84. The minimum Gasteiger partial charge on any atom is -0.478 e. The van der Waals surface area contributed by atoms with Gasteiger partial charge in [-0.25, -0.2) is 22.7 Å². The predicted molar refractivity (Wildman–Crippen MR) is 74.3 cm³/mol. The Morgan fingerprint density at radius 3 is 2.67 bits per heavy atom. The smallest absolute Gasteiger partial charge is 0.335 e. The van der Waals surface area contributed by atoms with Gasteiger partial charge in [0.15, 0.2) is 0 Å². The molecule has 116 valence electrons. The predicted octanol–water partition coefficient (Wildman–Crippen LogP) is -0.872. The zero-order valence-corrected chi connectivity index (χ0v) is 12.1. The molecule has 10 heteroatoms. The highest BCUT2D eigenvalue weighted by molar-refractivity contribution is 7.89. The Kier molecular flexibility index (Phi) is 6.06. The number of amides is 2. The first kappa shape index (κ1) is 16.9. The summed E-state index contributed by atoms with van der Waals surface area (Å²) in [6, 6.07) is 2.12. The molecule has 1 aromatic heterocycles. The molecule has 0 saturated carbocycles. The van der Waals surface area contributed by atoms with E-state index >= 15 is 0 Å². The van der Waals surface area contributed by atoms with Crippen LogP contribution in [0, 0.1) is 0 Å². The van der Waals surface area contributed by atoms with Gasteiger partial charge in [0.25, 0.3) is 0 Å². The van der Waals surface area contributed by atoms with Gasteiger partial charge in [0.2, 0.25) is 10.0 Å². The van der Waals surface area contributed by atoms with Gasteiger partial charge in [0, 0.05) is 12.7 Å². The lowest BCUT2D eigenvalue weighted by molar-refractivity contribution is 0.0696. The molecule has 2 amide bonds. The van der Waals surface area contributed by atoms with Gasteiger partial charge in [-0.1, -0.05) is 0 Å². The van der Waals surface area contributed by atoms with E-state index in [0.717, 1.165) is 0 Å². The van der Waals surface area contributed by atoms with Crippen LogP contribution in [-0.2, 0) is 16.6 Å². The summed E-state index contributed by atoms with van der Waals surface area (Å²) in [6.07, 6.45) is 1.33. The van der Waals surface area contributed by atoms with E-state index in [1.807, 2.05) is 0 Å². The quantitative estimate of drug-likeness (QED) is 0.516. The summed E-state index contributed by atoms with van der Waals surface area (Å²) in [7, 11) is -2.08. The van der Waals surface area contributed by atoms with E-state index in [4.69, 9.17) is 5.11 Å². The van der Waals surface area contributed by atoms with Crippen LogP contribution in [0.2, 0.25) is 0 Å². The number of rotatable bonds is 7. The number of carboxylic acids is 1. The zero-order valence-electron chi connectivity index (χ0n) is 11.3. The van der Waals surface area contributed by atoms with Gasteiger partial charge in [-0.2, -0.15) is 0 Å². The minimum absolute atomic E-state index is 0.0335. The fourth-order valence-corrected chi connectivity index (χ4v) is 1.92. The molecule has 0 radical (unpaired) electrons. The molecule has 4 N–H and O–H groups in total. The maximum atomic E-state index is 11.4. The Balaban J connectivity index is 2.40. The summed E-state index contributed by atoms with van der Waals surface area (Å²) in [4.78, 5) is 26.1. The van der Waals surface area contributed by atoms with E-state index in [1.165, 1.54) is 25.4 Å². The number of aromatic carboxylic acids is 1. The first-order valence-electron chi connectivity index (χ1n) is 5.95. The summed E-state index contributed by atoms with van der Waals surface area (Å²) in [5, 5.41) is 13.6. The van der Waals surface area contributed by atoms with Crippen LogP contribution in [0.15, 0.2) is 18.3 Å². The monoisotopic (exact) mass is 316 g/mol. The Bertz CT molecular complexity index is 617. The molecule has 0 atom stereocenters. The van der Waals surface area contributed by atoms with Crippen molar-refractivity contribution < 1.29 is 23.1 Å². The molecule has 0 aliphatic heterocycles. The standard InChI is InChI=1S/C11H16N4O5S/c1-12-21(19,20)5-4-14-11(18)15-7-9-6-8(10(16)17)2-3-13-9/h2-3,6,12H,4-5,7H2,1H3,(H,16,17)(H2,14,15,18). The number of carbonyl (C=O) groups is 2. The van der Waals surface area contributed by atoms with Crippen molar-refractivity contribution >= 4 is 22.0 Å². The average Bonchev–Trinajstić information content (AvgIpc) is 2.45. The fraction of sp³-hybridized carbons (Fsp3) is 0.364. The Labute approximate surface area is 121 Å². The molecule has 0 fully saturated rings. The lowest BCUT2D eigenvalue weighted by Crippen LogP contribution is -2.39. The molecule has 0 bridgehead atoms. The topological polar surface area (TPSA) is 137 Å². The molecule has 0 aliphatic rings. The first-order valence-corrected chi connectivity index (χ1v) is 7.60. The van der Waals surface area contributed by atoms with E-state index in [2.05, 4.69) is 20.3 Å². The van der Waals surface area contributed by atoms with Gasteiger partial charge >= 0.3 is 12.0 Å². The van der Waals surface area contributed by atoms with E-state index in [1.54, 1.807) is 0 Å². The van der Waals surface area contributed by atoms with Gasteiger partial charge in [0.1, 0.15) is 0 Å². The Morgan fingerprint density at radius 2 is 2.05 bits per heavy atom. The molecule has 1 rings (SSSR count). The van der Waals surface area contributed by atoms with Gasteiger partial charge in [-0.05, 0) is 19.2 Å². The van der Waals surface area contributed by atoms with Crippen LogP contribution < -0.4 is 15.4 Å². The molecular weight excluding hydrogens is 300 g/mol. The summed E-state index contributed by atoms with van der Waals surface area (Å²) in [5.74, 6) is -1.32. The van der Waals surface area contributed by atoms with Crippen LogP contribution in [0.5, 0.6) is 0 Å². The summed E-state index contributed by atoms with van der Waals surface area (Å²) < 4.78 is 24.4. The zero-order chi connectivity index (χ0) is 15.9. The maximum Gasteiger partial charge on any atom is 0.335 e. The van der Waals surface area contributed by atoms with Gasteiger partial charge in [0.05, 0.1) is 23.6 Å².